The number of amides is 1. The highest BCUT2D eigenvalue weighted by molar-refractivity contribution is 5.95. The highest BCUT2D eigenvalue weighted by Gasteiger charge is 2.18. The summed E-state index contributed by atoms with van der Waals surface area (Å²) in [4.78, 5) is 14.4. The van der Waals surface area contributed by atoms with Crippen molar-refractivity contribution in [3.8, 4) is 0 Å². The van der Waals surface area contributed by atoms with Crippen LogP contribution < -0.4 is 5.32 Å². The normalized spacial score (nSPS) is 12.5. The first kappa shape index (κ1) is 16.2. The summed E-state index contributed by atoms with van der Waals surface area (Å²) in [6.07, 6.45) is 1.75. The van der Waals surface area contributed by atoms with Crippen LogP contribution in [-0.4, -0.2) is 41.2 Å². The number of carbonyl (C=O) groups excluding carboxylic acids is 1. The predicted octanol–water partition coefficient (Wildman–Crippen LogP) is 2.07. The first-order chi connectivity index (χ1) is 10.4. The van der Waals surface area contributed by atoms with Crippen LogP contribution in [0.25, 0.3) is 0 Å². The van der Waals surface area contributed by atoms with Crippen LogP contribution in [0.1, 0.15) is 33.2 Å². The molecule has 0 fully saturated rings. The minimum absolute atomic E-state index is 0.0786. The molecule has 1 atom stereocenters. The molecule has 0 aliphatic rings. The van der Waals surface area contributed by atoms with Crippen molar-refractivity contribution in [2.45, 2.75) is 19.9 Å². The molecular formula is C17H24N4O. The third kappa shape index (κ3) is 3.74. The lowest BCUT2D eigenvalue weighted by Crippen LogP contribution is -2.34. The van der Waals surface area contributed by atoms with Crippen LogP contribution in [0, 0.1) is 13.8 Å². The summed E-state index contributed by atoms with van der Waals surface area (Å²) in [5.74, 6) is -0.0786. The standard InChI is InChI=1S/C17H24N4O/c1-12-7-6-8-14(9-12)16(20(3)4)10-18-17(22)15-11-21(5)19-13(15)2/h6-9,11,16H,10H2,1-5H3,(H,18,22)/t16-/m1/s1. The number of likely N-dealkylation sites (N-methyl/N-ethyl adjacent to an activating group) is 1. The fourth-order valence-electron chi connectivity index (χ4n) is 2.58. The Morgan fingerprint density at radius 1 is 1.36 bits per heavy atom. The fraction of sp³-hybridized carbons (Fsp3) is 0.412. The molecule has 0 spiro atoms. The number of rotatable bonds is 5. The molecule has 1 N–H and O–H groups in total. The van der Waals surface area contributed by atoms with Crippen molar-refractivity contribution in [1.82, 2.24) is 20.0 Å². The molecule has 0 aliphatic heterocycles. The van der Waals surface area contributed by atoms with Gasteiger partial charge < -0.3 is 10.2 Å². The molecule has 2 aromatic rings. The third-order valence-corrected chi connectivity index (χ3v) is 3.76. The highest BCUT2D eigenvalue weighted by Crippen LogP contribution is 2.18. The van der Waals surface area contributed by atoms with Crippen LogP contribution in [0.3, 0.4) is 0 Å². The van der Waals surface area contributed by atoms with E-state index in [9.17, 15) is 4.79 Å². The number of hydrogen-bond acceptors (Lipinski definition) is 3. The molecule has 5 heteroatoms. The molecule has 0 aliphatic carbocycles. The van der Waals surface area contributed by atoms with Crippen molar-refractivity contribution in [2.24, 2.45) is 7.05 Å². The van der Waals surface area contributed by atoms with E-state index in [4.69, 9.17) is 0 Å². The summed E-state index contributed by atoms with van der Waals surface area (Å²) in [6, 6.07) is 8.52. The quantitative estimate of drug-likeness (QED) is 0.919. The van der Waals surface area contributed by atoms with E-state index in [1.807, 2.05) is 34.1 Å². The fourth-order valence-corrected chi connectivity index (χ4v) is 2.58. The van der Waals surface area contributed by atoms with Gasteiger partial charge in [-0.15, -0.1) is 0 Å². The van der Waals surface area contributed by atoms with Crippen LogP contribution >= 0.6 is 0 Å². The van der Waals surface area contributed by atoms with Crippen LogP contribution in [0.5, 0.6) is 0 Å². The lowest BCUT2D eigenvalue weighted by molar-refractivity contribution is 0.0941. The zero-order chi connectivity index (χ0) is 16.3. The molecule has 0 saturated heterocycles. The van der Waals surface area contributed by atoms with E-state index in [1.54, 1.807) is 10.9 Å². The van der Waals surface area contributed by atoms with Gasteiger partial charge in [0, 0.05) is 19.8 Å². The van der Waals surface area contributed by atoms with E-state index < -0.39 is 0 Å². The summed E-state index contributed by atoms with van der Waals surface area (Å²) in [6.45, 7) is 4.48. The smallest absolute Gasteiger partial charge is 0.254 e. The zero-order valence-electron chi connectivity index (χ0n) is 13.9. The van der Waals surface area contributed by atoms with Gasteiger partial charge in [0.15, 0.2) is 0 Å². The van der Waals surface area contributed by atoms with Gasteiger partial charge in [0.2, 0.25) is 0 Å². The summed E-state index contributed by atoms with van der Waals surface area (Å²) >= 11 is 0. The molecule has 0 bridgehead atoms. The lowest BCUT2D eigenvalue weighted by atomic mass is 10.0. The molecule has 0 saturated carbocycles. The van der Waals surface area contributed by atoms with Crippen LogP contribution in [-0.2, 0) is 7.05 Å². The minimum Gasteiger partial charge on any atom is -0.350 e. The molecule has 1 amide bonds. The van der Waals surface area contributed by atoms with E-state index in [1.165, 1.54) is 11.1 Å². The van der Waals surface area contributed by atoms with Crippen molar-refractivity contribution >= 4 is 5.91 Å². The number of nitrogens with one attached hydrogen (secondary N) is 1. The molecule has 2 rings (SSSR count). The van der Waals surface area contributed by atoms with Crippen LogP contribution in [0.2, 0.25) is 0 Å². The second-order valence-corrected chi connectivity index (χ2v) is 5.91. The van der Waals surface area contributed by atoms with Crippen molar-refractivity contribution in [3.05, 3.63) is 52.8 Å². The van der Waals surface area contributed by atoms with Crippen molar-refractivity contribution in [3.63, 3.8) is 0 Å². The van der Waals surface area contributed by atoms with Gasteiger partial charge in [-0.1, -0.05) is 29.8 Å². The van der Waals surface area contributed by atoms with E-state index in [2.05, 4.69) is 40.4 Å². The SMILES string of the molecule is Cc1cccc([C@@H](CNC(=O)c2cn(C)nc2C)N(C)C)c1. The summed E-state index contributed by atoms with van der Waals surface area (Å²) in [7, 11) is 5.86. The Morgan fingerprint density at radius 2 is 2.09 bits per heavy atom. The molecule has 22 heavy (non-hydrogen) atoms. The Hall–Kier alpha value is -2.14. The maximum atomic E-state index is 12.3. The maximum Gasteiger partial charge on any atom is 0.254 e. The van der Waals surface area contributed by atoms with Gasteiger partial charge >= 0.3 is 0 Å². The molecular weight excluding hydrogens is 276 g/mol. The van der Waals surface area contributed by atoms with Crippen molar-refractivity contribution < 1.29 is 4.79 Å². The first-order valence-corrected chi connectivity index (χ1v) is 7.40. The van der Waals surface area contributed by atoms with Gasteiger partial charge in [-0.25, -0.2) is 0 Å². The molecule has 1 aromatic heterocycles. The maximum absolute atomic E-state index is 12.3. The Kier molecular flexibility index (Phi) is 4.98. The van der Waals surface area contributed by atoms with Gasteiger partial charge in [-0.2, -0.15) is 5.10 Å². The van der Waals surface area contributed by atoms with Crippen molar-refractivity contribution in [2.75, 3.05) is 20.6 Å². The minimum atomic E-state index is -0.0786. The molecule has 1 aromatic carbocycles. The van der Waals surface area contributed by atoms with E-state index in [-0.39, 0.29) is 11.9 Å². The number of aromatic nitrogens is 2. The highest BCUT2D eigenvalue weighted by atomic mass is 16.1. The second kappa shape index (κ2) is 6.75. The second-order valence-electron chi connectivity index (χ2n) is 5.91. The van der Waals surface area contributed by atoms with Gasteiger partial charge in [0.05, 0.1) is 17.3 Å². The average Bonchev–Trinajstić information content (AvgIpc) is 2.77. The Balaban J connectivity index is 2.09. The molecule has 1 heterocycles. The topological polar surface area (TPSA) is 50.2 Å². The lowest BCUT2D eigenvalue weighted by Gasteiger charge is -2.25. The van der Waals surface area contributed by atoms with Crippen molar-refractivity contribution in [1.29, 1.82) is 0 Å². The van der Waals surface area contributed by atoms with E-state index in [0.717, 1.165) is 5.69 Å². The predicted molar refractivity (Wildman–Crippen MR) is 87.9 cm³/mol. The third-order valence-electron chi connectivity index (χ3n) is 3.76. The average molecular weight is 300 g/mol. The largest absolute Gasteiger partial charge is 0.350 e. The van der Waals surface area contributed by atoms with E-state index >= 15 is 0 Å². The summed E-state index contributed by atoms with van der Waals surface area (Å²) in [5.41, 5.74) is 3.80. The number of aryl methyl sites for hydroxylation is 3. The Bertz CT molecular complexity index is 660. The Morgan fingerprint density at radius 3 is 2.64 bits per heavy atom. The van der Waals surface area contributed by atoms with Gasteiger partial charge in [-0.05, 0) is 33.5 Å². The Labute approximate surface area is 131 Å². The van der Waals surface area contributed by atoms with Gasteiger partial charge in [-0.3, -0.25) is 9.48 Å². The monoisotopic (exact) mass is 300 g/mol. The zero-order valence-corrected chi connectivity index (χ0v) is 13.9. The molecule has 5 nitrogen and oxygen atoms in total. The first-order valence-electron chi connectivity index (χ1n) is 7.40. The van der Waals surface area contributed by atoms with Crippen LogP contribution in [0.15, 0.2) is 30.5 Å². The van der Waals surface area contributed by atoms with Crippen LogP contribution in [0.4, 0.5) is 0 Å². The van der Waals surface area contributed by atoms with Gasteiger partial charge in [0.1, 0.15) is 0 Å². The summed E-state index contributed by atoms with van der Waals surface area (Å²) < 4.78 is 1.66. The number of hydrogen-bond donors (Lipinski definition) is 1. The summed E-state index contributed by atoms with van der Waals surface area (Å²) in [5, 5.41) is 7.23. The number of benzene rings is 1. The molecule has 0 radical (unpaired) electrons. The number of carbonyl (C=O) groups is 1. The number of nitrogens with zero attached hydrogens (tertiary/aromatic N) is 3. The van der Waals surface area contributed by atoms with Gasteiger partial charge in [0.25, 0.3) is 5.91 Å². The van der Waals surface area contributed by atoms with E-state index in [0.29, 0.717) is 12.1 Å². The molecule has 0 unspecified atom stereocenters. The molecule has 118 valence electrons.